The third kappa shape index (κ3) is 6.44. The molecule has 230 valence electrons. The molecule has 44 heavy (non-hydrogen) atoms. The van der Waals surface area contributed by atoms with Crippen molar-refractivity contribution in [2.24, 2.45) is 11.8 Å². The maximum absolute atomic E-state index is 6.44. The van der Waals surface area contributed by atoms with Crippen molar-refractivity contribution in [3.8, 4) is 68.6 Å². The molecule has 3 aromatic carbocycles. The number of aromatic nitrogens is 2. The van der Waals surface area contributed by atoms with Crippen LogP contribution in [0.2, 0.25) is 0 Å². The molecule has 8 nitrogen and oxygen atoms in total. The Morgan fingerprint density at radius 1 is 0.545 bits per heavy atom. The molecule has 2 heterocycles. The largest absolute Gasteiger partial charge is 0.497 e. The number of hydrogen-bond acceptors (Lipinski definition) is 8. The van der Waals surface area contributed by atoms with E-state index in [0.717, 1.165) is 46.5 Å². The number of nitrogens with zero attached hydrogens (tertiary/aromatic N) is 2. The molecule has 2 aromatic heterocycles. The standard InChI is InChI=1S/C36H40N2O6/c1-21(2)17-29-33(27-19-25(39-5)13-15-31(27)41-7)43-35(37-29)23-9-11-24(12-10-23)36-38-30(18-22(3)4)34(44-36)28-20-26(40-6)14-16-32(28)42-8/h9-16,19-22H,17-18H2,1-8H3. The molecule has 0 aliphatic carbocycles. The second-order valence-electron chi connectivity index (χ2n) is 11.5. The topological polar surface area (TPSA) is 89.0 Å². The van der Waals surface area contributed by atoms with Gasteiger partial charge in [0.1, 0.15) is 23.0 Å². The van der Waals surface area contributed by atoms with Gasteiger partial charge in [0, 0.05) is 11.1 Å². The molecule has 0 bridgehead atoms. The number of methoxy groups -OCH3 is 4. The van der Waals surface area contributed by atoms with Crippen LogP contribution in [-0.4, -0.2) is 38.4 Å². The predicted molar refractivity (Wildman–Crippen MR) is 172 cm³/mol. The smallest absolute Gasteiger partial charge is 0.227 e. The number of oxazole rings is 2. The van der Waals surface area contributed by atoms with Gasteiger partial charge in [0.25, 0.3) is 0 Å². The average Bonchev–Trinajstić information content (AvgIpc) is 3.64. The van der Waals surface area contributed by atoms with Crippen molar-refractivity contribution in [1.29, 1.82) is 0 Å². The molecule has 0 unspecified atom stereocenters. The van der Waals surface area contributed by atoms with Gasteiger partial charge in [-0.25, -0.2) is 9.97 Å². The van der Waals surface area contributed by atoms with Gasteiger partial charge >= 0.3 is 0 Å². The highest BCUT2D eigenvalue weighted by Crippen LogP contribution is 2.41. The third-order valence-electron chi connectivity index (χ3n) is 7.28. The van der Waals surface area contributed by atoms with E-state index in [0.29, 0.717) is 58.1 Å². The minimum atomic E-state index is 0.383. The Balaban J connectivity index is 1.54. The van der Waals surface area contributed by atoms with Crippen LogP contribution in [-0.2, 0) is 12.8 Å². The fraction of sp³-hybridized carbons (Fsp3) is 0.333. The summed E-state index contributed by atoms with van der Waals surface area (Å²) in [6.45, 7) is 8.65. The van der Waals surface area contributed by atoms with E-state index < -0.39 is 0 Å². The van der Waals surface area contributed by atoms with E-state index in [2.05, 4.69) is 27.7 Å². The number of benzene rings is 3. The van der Waals surface area contributed by atoms with Crippen molar-refractivity contribution in [3.63, 3.8) is 0 Å². The first kappa shape index (κ1) is 30.7. The Morgan fingerprint density at radius 3 is 1.25 bits per heavy atom. The first-order valence-electron chi connectivity index (χ1n) is 14.8. The monoisotopic (exact) mass is 596 g/mol. The summed E-state index contributed by atoms with van der Waals surface area (Å²) in [5.41, 5.74) is 5.03. The molecule has 0 spiro atoms. The summed E-state index contributed by atoms with van der Waals surface area (Å²) in [5, 5.41) is 0. The first-order valence-corrected chi connectivity index (χ1v) is 14.8. The summed E-state index contributed by atoms with van der Waals surface area (Å²) in [5.74, 6) is 5.99. The maximum Gasteiger partial charge on any atom is 0.227 e. The number of ether oxygens (including phenoxy) is 4. The molecule has 0 amide bonds. The van der Waals surface area contributed by atoms with Gasteiger partial charge in [0.2, 0.25) is 11.8 Å². The van der Waals surface area contributed by atoms with Crippen molar-refractivity contribution >= 4 is 0 Å². The zero-order chi connectivity index (χ0) is 31.4. The summed E-state index contributed by atoms with van der Waals surface area (Å²) in [4.78, 5) is 9.86. The molecule has 0 saturated heterocycles. The minimum absolute atomic E-state index is 0.383. The van der Waals surface area contributed by atoms with Crippen molar-refractivity contribution in [1.82, 2.24) is 9.97 Å². The maximum atomic E-state index is 6.44. The highest BCUT2D eigenvalue weighted by atomic mass is 16.5. The third-order valence-corrected chi connectivity index (χ3v) is 7.28. The van der Waals surface area contributed by atoms with Gasteiger partial charge in [0.05, 0.1) is 51.0 Å². The second-order valence-corrected chi connectivity index (χ2v) is 11.5. The van der Waals surface area contributed by atoms with E-state index in [4.69, 9.17) is 37.7 Å². The molecule has 0 fully saturated rings. The van der Waals surface area contributed by atoms with E-state index in [1.807, 2.05) is 60.7 Å². The van der Waals surface area contributed by atoms with Gasteiger partial charge in [-0.2, -0.15) is 0 Å². The lowest BCUT2D eigenvalue weighted by Crippen LogP contribution is -1.98. The normalized spacial score (nSPS) is 11.3. The summed E-state index contributed by atoms with van der Waals surface area (Å²) >= 11 is 0. The average molecular weight is 597 g/mol. The highest BCUT2D eigenvalue weighted by Gasteiger charge is 2.23. The molecule has 5 rings (SSSR count). The molecule has 0 N–H and O–H groups in total. The zero-order valence-electron chi connectivity index (χ0n) is 26.7. The Bertz CT molecular complexity index is 1590. The lowest BCUT2D eigenvalue weighted by atomic mass is 10.0. The van der Waals surface area contributed by atoms with E-state index in [1.54, 1.807) is 28.4 Å². The molecule has 5 aromatic rings. The summed E-state index contributed by atoms with van der Waals surface area (Å²) in [6, 6.07) is 19.2. The van der Waals surface area contributed by atoms with Crippen LogP contribution in [0.3, 0.4) is 0 Å². The van der Waals surface area contributed by atoms with Crippen LogP contribution in [0, 0.1) is 11.8 Å². The highest BCUT2D eigenvalue weighted by molar-refractivity contribution is 5.74. The molecule has 0 aliphatic heterocycles. The molecular weight excluding hydrogens is 556 g/mol. The number of hydrogen-bond donors (Lipinski definition) is 0. The molecule has 8 heteroatoms. The van der Waals surface area contributed by atoms with Crippen LogP contribution >= 0.6 is 0 Å². The van der Waals surface area contributed by atoms with Gasteiger partial charge in [-0.3, -0.25) is 0 Å². The Morgan fingerprint density at radius 2 is 0.932 bits per heavy atom. The predicted octanol–water partition coefficient (Wildman–Crippen LogP) is 8.76. The summed E-state index contributed by atoms with van der Waals surface area (Å²) in [6.07, 6.45) is 1.51. The lowest BCUT2D eigenvalue weighted by Gasteiger charge is -2.10. The fourth-order valence-corrected chi connectivity index (χ4v) is 5.16. The van der Waals surface area contributed by atoms with Crippen LogP contribution in [0.5, 0.6) is 23.0 Å². The minimum Gasteiger partial charge on any atom is -0.497 e. The first-order chi connectivity index (χ1) is 21.2. The Labute approximate surface area is 259 Å². The van der Waals surface area contributed by atoms with Gasteiger partial charge in [-0.1, -0.05) is 27.7 Å². The van der Waals surface area contributed by atoms with Crippen LogP contribution in [0.1, 0.15) is 39.1 Å². The van der Waals surface area contributed by atoms with Gasteiger partial charge in [-0.15, -0.1) is 0 Å². The summed E-state index contributed by atoms with van der Waals surface area (Å²) in [7, 11) is 6.58. The lowest BCUT2D eigenvalue weighted by molar-refractivity contribution is 0.403. The molecule has 0 aliphatic rings. The SMILES string of the molecule is COc1ccc(OC)c(-c2oc(-c3ccc(-c4nc(CC(C)C)c(-c5cc(OC)ccc5OC)o4)cc3)nc2CC(C)C)c1. The zero-order valence-corrected chi connectivity index (χ0v) is 26.7. The Kier molecular flexibility index (Phi) is 9.28. The Hall–Kier alpha value is -4.72. The van der Waals surface area contributed by atoms with E-state index in [1.165, 1.54) is 0 Å². The van der Waals surface area contributed by atoms with Gasteiger partial charge in [-0.05, 0) is 85.3 Å². The van der Waals surface area contributed by atoms with Crippen LogP contribution in [0.15, 0.2) is 69.5 Å². The van der Waals surface area contributed by atoms with Crippen molar-refractivity contribution in [3.05, 3.63) is 72.1 Å². The summed E-state index contributed by atoms with van der Waals surface area (Å²) < 4.78 is 35.2. The van der Waals surface area contributed by atoms with Gasteiger partial charge in [0.15, 0.2) is 11.5 Å². The van der Waals surface area contributed by atoms with E-state index in [-0.39, 0.29) is 0 Å². The molecule has 0 radical (unpaired) electrons. The van der Waals surface area contributed by atoms with E-state index in [9.17, 15) is 0 Å². The van der Waals surface area contributed by atoms with Crippen LogP contribution in [0.25, 0.3) is 45.6 Å². The quantitative estimate of drug-likeness (QED) is 0.141. The van der Waals surface area contributed by atoms with Crippen molar-refractivity contribution in [2.75, 3.05) is 28.4 Å². The van der Waals surface area contributed by atoms with Gasteiger partial charge < -0.3 is 27.8 Å². The van der Waals surface area contributed by atoms with E-state index >= 15 is 0 Å². The van der Waals surface area contributed by atoms with Crippen LogP contribution in [0.4, 0.5) is 0 Å². The fourth-order valence-electron chi connectivity index (χ4n) is 5.16. The number of rotatable bonds is 12. The molecule has 0 saturated carbocycles. The van der Waals surface area contributed by atoms with Crippen molar-refractivity contribution in [2.45, 2.75) is 40.5 Å². The molecule has 0 atom stereocenters. The van der Waals surface area contributed by atoms with Crippen molar-refractivity contribution < 1.29 is 27.8 Å². The molecular formula is C36H40N2O6. The second kappa shape index (κ2) is 13.3. The van der Waals surface area contributed by atoms with Crippen LogP contribution < -0.4 is 18.9 Å².